The van der Waals surface area contributed by atoms with E-state index in [0.717, 1.165) is 17.6 Å². The van der Waals surface area contributed by atoms with Crippen molar-refractivity contribution in [2.45, 2.75) is 5.37 Å². The van der Waals surface area contributed by atoms with E-state index in [4.69, 9.17) is 0 Å². The van der Waals surface area contributed by atoms with Crippen LogP contribution in [0.3, 0.4) is 0 Å². The van der Waals surface area contributed by atoms with E-state index >= 15 is 0 Å². The maximum absolute atomic E-state index is 4.24. The van der Waals surface area contributed by atoms with E-state index in [1.54, 1.807) is 0 Å². The Hall–Kier alpha value is -0.650. The summed E-state index contributed by atoms with van der Waals surface area (Å²) in [6.45, 7) is 1.10. The zero-order chi connectivity index (χ0) is 9.38. The van der Waals surface area contributed by atoms with E-state index in [0.29, 0.717) is 5.37 Å². The van der Waals surface area contributed by atoms with Crippen molar-refractivity contribution in [3.63, 3.8) is 0 Å². The van der Waals surface area contributed by atoms with Crippen molar-refractivity contribution in [2.75, 3.05) is 12.3 Å². The summed E-state index contributed by atoms with van der Waals surface area (Å²) in [5.74, 6) is 1.19. The Kier molecular flexibility index (Phi) is 2.15. The van der Waals surface area contributed by atoms with Crippen molar-refractivity contribution in [2.24, 2.45) is 0 Å². The fraction of sp³-hybridized carbons (Fsp3) is 0.333. The topological polar surface area (TPSA) is 37.8 Å². The highest BCUT2D eigenvalue weighted by Gasteiger charge is 2.17. The molecule has 72 valence electrons. The van der Waals surface area contributed by atoms with Crippen LogP contribution in [0.2, 0.25) is 0 Å². The predicted octanol–water partition coefficient (Wildman–Crippen LogP) is 2.03. The van der Waals surface area contributed by atoms with Crippen molar-refractivity contribution in [1.29, 1.82) is 0 Å². The normalized spacial score (nSPS) is 21.9. The number of nitrogens with one attached hydrogen (secondary N) is 1. The lowest BCUT2D eigenvalue weighted by Crippen LogP contribution is -2.11. The van der Waals surface area contributed by atoms with Gasteiger partial charge in [-0.1, -0.05) is 6.07 Å². The molecule has 2 aromatic rings. The summed E-state index contributed by atoms with van der Waals surface area (Å²) in [5, 5.41) is 3.89. The molecule has 0 bridgehead atoms. The number of fused-ring (bicyclic) bond motifs is 1. The lowest BCUT2D eigenvalue weighted by atomic mass is 10.2. The molecule has 1 atom stereocenters. The highest BCUT2D eigenvalue weighted by atomic mass is 32.2. The molecule has 1 unspecified atom stereocenters. The van der Waals surface area contributed by atoms with Gasteiger partial charge < -0.3 is 5.32 Å². The predicted molar refractivity (Wildman–Crippen MR) is 60.6 cm³/mol. The van der Waals surface area contributed by atoms with Gasteiger partial charge in [-0.2, -0.15) is 8.75 Å². The second-order valence-corrected chi connectivity index (χ2v) is 4.96. The maximum Gasteiger partial charge on any atom is 0.105 e. The van der Waals surface area contributed by atoms with Gasteiger partial charge in [-0.25, -0.2) is 0 Å². The third-order valence-corrected chi connectivity index (χ3v) is 4.07. The smallest absolute Gasteiger partial charge is 0.105 e. The fourth-order valence-electron chi connectivity index (χ4n) is 1.60. The van der Waals surface area contributed by atoms with Crippen LogP contribution in [-0.2, 0) is 0 Å². The van der Waals surface area contributed by atoms with Gasteiger partial charge >= 0.3 is 0 Å². The summed E-state index contributed by atoms with van der Waals surface area (Å²) in [6.07, 6.45) is 0. The molecule has 1 aliphatic rings. The molecule has 14 heavy (non-hydrogen) atoms. The lowest BCUT2D eigenvalue weighted by molar-refractivity contribution is 0.752. The first kappa shape index (κ1) is 8.64. The molecule has 2 heterocycles. The Morgan fingerprint density at radius 3 is 3.07 bits per heavy atom. The average Bonchev–Trinajstić information content (AvgIpc) is 2.88. The van der Waals surface area contributed by atoms with Gasteiger partial charge in [0.1, 0.15) is 11.0 Å². The number of thioether (sulfide) groups is 1. The Morgan fingerprint density at radius 1 is 1.29 bits per heavy atom. The first-order valence-corrected chi connectivity index (χ1v) is 6.28. The molecular formula is C9H9N3S2. The van der Waals surface area contributed by atoms with Crippen molar-refractivity contribution in [1.82, 2.24) is 14.1 Å². The third-order valence-electron chi connectivity index (χ3n) is 2.30. The molecule has 0 radical (unpaired) electrons. The molecule has 0 saturated carbocycles. The van der Waals surface area contributed by atoms with E-state index in [1.807, 2.05) is 11.8 Å². The van der Waals surface area contributed by atoms with E-state index in [1.165, 1.54) is 23.0 Å². The van der Waals surface area contributed by atoms with Gasteiger partial charge in [0, 0.05) is 12.3 Å². The van der Waals surface area contributed by atoms with Gasteiger partial charge in [-0.15, -0.1) is 11.8 Å². The molecule has 0 aliphatic carbocycles. The molecule has 1 aromatic carbocycles. The first-order valence-electron chi connectivity index (χ1n) is 4.51. The molecule has 5 heteroatoms. The van der Waals surface area contributed by atoms with Gasteiger partial charge in [0.25, 0.3) is 0 Å². The molecule has 1 fully saturated rings. The first-order chi connectivity index (χ1) is 6.93. The van der Waals surface area contributed by atoms with E-state index in [9.17, 15) is 0 Å². The highest BCUT2D eigenvalue weighted by molar-refractivity contribution is 7.99. The lowest BCUT2D eigenvalue weighted by Gasteiger charge is -2.08. The zero-order valence-electron chi connectivity index (χ0n) is 7.43. The number of benzene rings is 1. The number of rotatable bonds is 1. The van der Waals surface area contributed by atoms with Crippen molar-refractivity contribution in [3.05, 3.63) is 23.8 Å². The fourth-order valence-corrected chi connectivity index (χ4v) is 3.17. The Balaban J connectivity index is 2.04. The summed E-state index contributed by atoms with van der Waals surface area (Å²) >= 11 is 3.23. The van der Waals surface area contributed by atoms with Gasteiger partial charge in [-0.05, 0) is 17.7 Å². The van der Waals surface area contributed by atoms with Crippen LogP contribution < -0.4 is 5.32 Å². The quantitative estimate of drug-likeness (QED) is 0.802. The molecule has 0 spiro atoms. The van der Waals surface area contributed by atoms with Crippen LogP contribution in [0.1, 0.15) is 10.9 Å². The Labute approximate surface area is 90.2 Å². The van der Waals surface area contributed by atoms with Crippen LogP contribution in [0.15, 0.2) is 18.2 Å². The summed E-state index contributed by atoms with van der Waals surface area (Å²) in [5.41, 5.74) is 3.33. The van der Waals surface area contributed by atoms with E-state index in [2.05, 4.69) is 32.3 Å². The summed E-state index contributed by atoms with van der Waals surface area (Å²) in [7, 11) is 0. The standard InChI is InChI=1S/C9H9N3S2/c1-2-7-8(12-14-11-7)5-6(1)9-10-3-4-13-9/h1-2,5,9-10H,3-4H2. The van der Waals surface area contributed by atoms with Crippen molar-refractivity contribution in [3.8, 4) is 0 Å². The highest BCUT2D eigenvalue weighted by Crippen LogP contribution is 2.31. The van der Waals surface area contributed by atoms with Crippen LogP contribution in [-0.4, -0.2) is 21.0 Å². The number of hydrogen-bond donors (Lipinski definition) is 1. The van der Waals surface area contributed by atoms with Gasteiger partial charge in [0.15, 0.2) is 0 Å². The monoisotopic (exact) mass is 223 g/mol. The van der Waals surface area contributed by atoms with Crippen molar-refractivity contribution >= 4 is 34.5 Å². The minimum absolute atomic E-state index is 0.445. The van der Waals surface area contributed by atoms with Crippen LogP contribution >= 0.6 is 23.5 Å². The largest absolute Gasteiger partial charge is 0.301 e. The molecule has 3 nitrogen and oxygen atoms in total. The molecule has 1 saturated heterocycles. The summed E-state index contributed by atoms with van der Waals surface area (Å²) in [6, 6.07) is 6.32. The van der Waals surface area contributed by atoms with Crippen LogP contribution in [0.25, 0.3) is 11.0 Å². The Morgan fingerprint density at radius 2 is 2.21 bits per heavy atom. The van der Waals surface area contributed by atoms with Gasteiger partial charge in [-0.3, -0.25) is 0 Å². The molecule has 1 aliphatic heterocycles. The number of nitrogens with zero attached hydrogens (tertiary/aromatic N) is 2. The second kappa shape index (κ2) is 3.49. The molecule has 0 amide bonds. The van der Waals surface area contributed by atoms with Crippen LogP contribution in [0.5, 0.6) is 0 Å². The molecule has 3 rings (SSSR count). The number of hydrogen-bond acceptors (Lipinski definition) is 5. The molecule has 1 aromatic heterocycles. The Bertz CT molecular complexity index is 448. The molecule has 1 N–H and O–H groups in total. The van der Waals surface area contributed by atoms with Crippen LogP contribution in [0.4, 0.5) is 0 Å². The third kappa shape index (κ3) is 1.41. The van der Waals surface area contributed by atoms with E-state index < -0.39 is 0 Å². The van der Waals surface area contributed by atoms with Crippen LogP contribution in [0, 0.1) is 0 Å². The summed E-state index contributed by atoms with van der Waals surface area (Å²) < 4.78 is 8.43. The second-order valence-electron chi connectivity index (χ2n) is 3.22. The zero-order valence-corrected chi connectivity index (χ0v) is 9.07. The number of aromatic nitrogens is 2. The summed E-state index contributed by atoms with van der Waals surface area (Å²) in [4.78, 5) is 0. The minimum Gasteiger partial charge on any atom is -0.301 e. The van der Waals surface area contributed by atoms with Crippen molar-refractivity contribution < 1.29 is 0 Å². The minimum atomic E-state index is 0.445. The van der Waals surface area contributed by atoms with Gasteiger partial charge in [0.2, 0.25) is 0 Å². The SMILES string of the molecule is c1cc2nsnc2cc1C1NCCS1. The molecular weight excluding hydrogens is 214 g/mol. The average molecular weight is 223 g/mol. The maximum atomic E-state index is 4.24. The van der Waals surface area contributed by atoms with Gasteiger partial charge in [0.05, 0.1) is 17.1 Å². The van der Waals surface area contributed by atoms with E-state index in [-0.39, 0.29) is 0 Å².